The minimum atomic E-state index is 0.0500. The summed E-state index contributed by atoms with van der Waals surface area (Å²) in [7, 11) is 0. The van der Waals surface area contributed by atoms with Gasteiger partial charge in [-0.3, -0.25) is 14.5 Å². The van der Waals surface area contributed by atoms with Gasteiger partial charge in [-0.25, -0.2) is 0 Å². The predicted molar refractivity (Wildman–Crippen MR) is 89.0 cm³/mol. The van der Waals surface area contributed by atoms with E-state index in [1.807, 2.05) is 35.2 Å². The predicted octanol–water partition coefficient (Wildman–Crippen LogP) is 2.26. The van der Waals surface area contributed by atoms with Crippen LogP contribution in [0.25, 0.3) is 0 Å². The SMILES string of the molecule is O=C(SCCC(=O)N1CCN2CCCC2C1)c1ccccc1. The monoisotopic (exact) mass is 318 g/mol. The molecule has 1 amide bonds. The summed E-state index contributed by atoms with van der Waals surface area (Å²) < 4.78 is 0. The van der Waals surface area contributed by atoms with Crippen LogP contribution in [0.3, 0.4) is 0 Å². The summed E-state index contributed by atoms with van der Waals surface area (Å²) in [4.78, 5) is 28.8. The number of nitrogens with zero attached hydrogens (tertiary/aromatic N) is 2. The topological polar surface area (TPSA) is 40.6 Å². The molecule has 3 rings (SSSR count). The second kappa shape index (κ2) is 7.29. The highest BCUT2D eigenvalue weighted by molar-refractivity contribution is 8.14. The summed E-state index contributed by atoms with van der Waals surface area (Å²) in [5, 5.41) is 0.0500. The minimum Gasteiger partial charge on any atom is -0.340 e. The average Bonchev–Trinajstić information content (AvgIpc) is 3.03. The van der Waals surface area contributed by atoms with E-state index in [-0.39, 0.29) is 11.0 Å². The van der Waals surface area contributed by atoms with E-state index in [1.54, 1.807) is 0 Å². The van der Waals surface area contributed by atoms with Crippen molar-refractivity contribution in [3.63, 3.8) is 0 Å². The first kappa shape index (κ1) is 15.6. The van der Waals surface area contributed by atoms with Crippen molar-refractivity contribution in [2.75, 3.05) is 31.9 Å². The molecule has 1 aromatic carbocycles. The van der Waals surface area contributed by atoms with Gasteiger partial charge in [-0.15, -0.1) is 0 Å². The lowest BCUT2D eigenvalue weighted by Gasteiger charge is -2.37. The molecule has 0 spiro atoms. The molecular formula is C17H22N2O2S. The molecule has 4 nitrogen and oxygen atoms in total. The second-order valence-electron chi connectivity index (χ2n) is 5.92. The number of amides is 1. The van der Waals surface area contributed by atoms with Crippen molar-refractivity contribution in [3.8, 4) is 0 Å². The van der Waals surface area contributed by atoms with Crippen LogP contribution in [-0.2, 0) is 4.79 Å². The maximum Gasteiger partial charge on any atom is 0.223 e. The molecule has 2 aliphatic heterocycles. The molecule has 0 aromatic heterocycles. The number of benzene rings is 1. The number of hydrogen-bond acceptors (Lipinski definition) is 4. The smallest absolute Gasteiger partial charge is 0.223 e. The van der Waals surface area contributed by atoms with Gasteiger partial charge >= 0.3 is 0 Å². The Hall–Kier alpha value is -1.33. The standard InChI is InChI=1S/C17H22N2O2S/c20-16(19-11-10-18-9-4-7-15(18)13-19)8-12-22-17(21)14-5-2-1-3-6-14/h1-3,5-6,15H,4,7-13H2. The molecule has 5 heteroatoms. The maximum atomic E-state index is 12.3. The van der Waals surface area contributed by atoms with Crippen molar-refractivity contribution >= 4 is 22.8 Å². The van der Waals surface area contributed by atoms with Crippen LogP contribution in [0.15, 0.2) is 30.3 Å². The van der Waals surface area contributed by atoms with Crippen LogP contribution in [0.2, 0.25) is 0 Å². The molecule has 0 radical (unpaired) electrons. The number of fused-ring (bicyclic) bond motifs is 1. The quantitative estimate of drug-likeness (QED) is 0.854. The largest absolute Gasteiger partial charge is 0.340 e. The van der Waals surface area contributed by atoms with Gasteiger partial charge in [0.25, 0.3) is 0 Å². The Bertz CT molecular complexity index is 535. The Kier molecular flexibility index (Phi) is 5.16. The normalized spacial score (nSPS) is 21.6. The Balaban J connectivity index is 1.42. The highest BCUT2D eigenvalue weighted by Crippen LogP contribution is 2.22. The minimum absolute atomic E-state index is 0.0500. The molecule has 0 aliphatic carbocycles. The molecule has 118 valence electrons. The van der Waals surface area contributed by atoms with Gasteiger partial charge in [0.05, 0.1) is 0 Å². The highest BCUT2D eigenvalue weighted by atomic mass is 32.2. The molecule has 2 aliphatic rings. The zero-order chi connectivity index (χ0) is 15.4. The number of hydrogen-bond donors (Lipinski definition) is 0. The van der Waals surface area contributed by atoms with Crippen LogP contribution in [0, 0.1) is 0 Å². The summed E-state index contributed by atoms with van der Waals surface area (Å²) in [5.41, 5.74) is 0.708. The zero-order valence-electron chi connectivity index (χ0n) is 12.7. The van der Waals surface area contributed by atoms with Gasteiger partial charge < -0.3 is 4.90 Å². The molecule has 2 heterocycles. The van der Waals surface area contributed by atoms with Gasteiger partial charge in [0.15, 0.2) is 0 Å². The lowest BCUT2D eigenvalue weighted by atomic mass is 10.1. The second-order valence-corrected chi connectivity index (χ2v) is 6.99. The van der Waals surface area contributed by atoms with Crippen molar-refractivity contribution in [1.29, 1.82) is 0 Å². The van der Waals surface area contributed by atoms with E-state index >= 15 is 0 Å². The first-order chi connectivity index (χ1) is 10.7. The fourth-order valence-corrected chi connectivity index (χ4v) is 4.03. The summed E-state index contributed by atoms with van der Waals surface area (Å²) in [5.74, 6) is 0.761. The van der Waals surface area contributed by atoms with Gasteiger partial charge in [-0.05, 0) is 19.4 Å². The van der Waals surface area contributed by atoms with Gasteiger partial charge in [0.1, 0.15) is 0 Å². The lowest BCUT2D eigenvalue weighted by Crippen LogP contribution is -2.52. The third-order valence-electron chi connectivity index (χ3n) is 4.50. The van der Waals surface area contributed by atoms with Crippen molar-refractivity contribution in [3.05, 3.63) is 35.9 Å². The fraction of sp³-hybridized carbons (Fsp3) is 0.529. The van der Waals surface area contributed by atoms with E-state index in [2.05, 4.69) is 4.90 Å². The van der Waals surface area contributed by atoms with E-state index < -0.39 is 0 Å². The maximum absolute atomic E-state index is 12.3. The number of thioether (sulfide) groups is 1. The van der Waals surface area contributed by atoms with Crippen LogP contribution in [0.5, 0.6) is 0 Å². The van der Waals surface area contributed by atoms with E-state index in [0.717, 1.165) is 19.6 Å². The van der Waals surface area contributed by atoms with Crippen LogP contribution in [-0.4, -0.2) is 58.8 Å². The Morgan fingerprint density at radius 2 is 1.95 bits per heavy atom. The summed E-state index contributed by atoms with van der Waals surface area (Å²) in [6.45, 7) is 3.91. The first-order valence-electron chi connectivity index (χ1n) is 7.98. The van der Waals surface area contributed by atoms with E-state index in [9.17, 15) is 9.59 Å². The van der Waals surface area contributed by atoms with Crippen LogP contribution in [0.1, 0.15) is 29.6 Å². The van der Waals surface area contributed by atoms with Crippen molar-refractivity contribution in [1.82, 2.24) is 9.80 Å². The first-order valence-corrected chi connectivity index (χ1v) is 8.96. The number of piperazine rings is 1. The lowest BCUT2D eigenvalue weighted by molar-refractivity contribution is -0.133. The van der Waals surface area contributed by atoms with Crippen molar-refractivity contribution in [2.24, 2.45) is 0 Å². The number of carbonyl (C=O) groups is 2. The highest BCUT2D eigenvalue weighted by Gasteiger charge is 2.32. The summed E-state index contributed by atoms with van der Waals surface area (Å²) in [6, 6.07) is 9.82. The Morgan fingerprint density at radius 3 is 2.77 bits per heavy atom. The molecule has 0 N–H and O–H groups in total. The molecule has 2 saturated heterocycles. The summed E-state index contributed by atoms with van der Waals surface area (Å²) in [6.07, 6.45) is 2.93. The van der Waals surface area contributed by atoms with Gasteiger partial charge in [0.2, 0.25) is 11.0 Å². The average molecular weight is 318 g/mol. The van der Waals surface area contributed by atoms with E-state index in [0.29, 0.717) is 23.8 Å². The van der Waals surface area contributed by atoms with Gasteiger partial charge in [-0.2, -0.15) is 0 Å². The molecule has 1 atom stereocenters. The van der Waals surface area contributed by atoms with Crippen LogP contribution >= 0.6 is 11.8 Å². The fourth-order valence-electron chi connectivity index (χ4n) is 3.26. The van der Waals surface area contributed by atoms with Gasteiger partial charge in [-0.1, -0.05) is 42.1 Å². The molecular weight excluding hydrogens is 296 g/mol. The van der Waals surface area contributed by atoms with E-state index in [1.165, 1.54) is 31.1 Å². The molecule has 22 heavy (non-hydrogen) atoms. The van der Waals surface area contributed by atoms with Crippen LogP contribution in [0.4, 0.5) is 0 Å². The van der Waals surface area contributed by atoms with E-state index in [4.69, 9.17) is 0 Å². The molecule has 1 aromatic rings. The Morgan fingerprint density at radius 1 is 1.14 bits per heavy atom. The van der Waals surface area contributed by atoms with Crippen LogP contribution < -0.4 is 0 Å². The summed E-state index contributed by atoms with van der Waals surface area (Å²) >= 11 is 1.24. The molecule has 0 saturated carbocycles. The van der Waals surface area contributed by atoms with Gasteiger partial charge in [0, 0.05) is 43.4 Å². The molecule has 2 fully saturated rings. The third kappa shape index (κ3) is 3.70. The molecule has 1 unspecified atom stereocenters. The van der Waals surface area contributed by atoms with Crippen molar-refractivity contribution < 1.29 is 9.59 Å². The molecule has 0 bridgehead atoms. The number of rotatable bonds is 4. The van der Waals surface area contributed by atoms with Crippen molar-refractivity contribution in [2.45, 2.75) is 25.3 Å². The zero-order valence-corrected chi connectivity index (χ0v) is 13.6. The third-order valence-corrected chi connectivity index (χ3v) is 5.40. The number of carbonyl (C=O) groups excluding carboxylic acids is 2. The Labute approximate surface area is 135 Å².